The second-order valence-electron chi connectivity index (χ2n) is 9.58. The number of furan rings is 1. The zero-order chi connectivity index (χ0) is 25.9. The molecule has 4 aromatic rings. The summed E-state index contributed by atoms with van der Waals surface area (Å²) in [6.07, 6.45) is 0. The van der Waals surface area contributed by atoms with Crippen LogP contribution in [0.15, 0.2) is 59.0 Å². The Balaban J connectivity index is 1.22. The molecule has 1 atom stereocenters. The Labute approximate surface area is 212 Å². The Morgan fingerprint density at radius 3 is 2.62 bits per heavy atom. The summed E-state index contributed by atoms with van der Waals surface area (Å²) in [7, 11) is 0. The molecule has 4 heterocycles. The Hall–Kier alpha value is -4.53. The van der Waals surface area contributed by atoms with Gasteiger partial charge in [-0.2, -0.15) is 0 Å². The monoisotopic (exact) mass is 499 g/mol. The fourth-order valence-electron chi connectivity index (χ4n) is 5.01. The molecule has 188 valence electrons. The van der Waals surface area contributed by atoms with Crippen molar-refractivity contribution in [3.63, 3.8) is 0 Å². The molecule has 0 radical (unpaired) electrons. The van der Waals surface area contributed by atoms with Crippen LogP contribution in [0, 0.1) is 13.8 Å². The van der Waals surface area contributed by atoms with Crippen LogP contribution in [-0.2, 0) is 16.9 Å². The zero-order valence-electron chi connectivity index (χ0n) is 20.7. The highest BCUT2D eigenvalue weighted by Gasteiger charge is 2.51. The third-order valence-electron chi connectivity index (χ3n) is 7.15. The van der Waals surface area contributed by atoms with E-state index in [1.54, 1.807) is 25.1 Å². The summed E-state index contributed by atoms with van der Waals surface area (Å²) in [6, 6.07) is 16.0. The highest BCUT2D eigenvalue weighted by atomic mass is 16.7. The van der Waals surface area contributed by atoms with Crippen molar-refractivity contribution < 1.29 is 28.3 Å². The molecular weight excluding hydrogens is 474 g/mol. The zero-order valence-corrected chi connectivity index (χ0v) is 20.7. The summed E-state index contributed by atoms with van der Waals surface area (Å²) in [5, 5.41) is 3.54. The van der Waals surface area contributed by atoms with Crippen LogP contribution in [0.25, 0.3) is 11.0 Å². The van der Waals surface area contributed by atoms with Crippen molar-refractivity contribution in [1.29, 1.82) is 0 Å². The third kappa shape index (κ3) is 3.66. The van der Waals surface area contributed by atoms with Gasteiger partial charge in [0.25, 0.3) is 5.91 Å². The number of hydrogen-bond acceptors (Lipinski definition) is 6. The summed E-state index contributed by atoms with van der Waals surface area (Å²) < 4.78 is 18.7. The maximum atomic E-state index is 13.4. The molecule has 2 aliphatic rings. The van der Waals surface area contributed by atoms with Crippen LogP contribution in [0.2, 0.25) is 0 Å². The summed E-state index contributed by atoms with van der Waals surface area (Å²) in [5.41, 5.74) is 2.34. The van der Waals surface area contributed by atoms with Gasteiger partial charge in [0.2, 0.25) is 6.79 Å². The van der Waals surface area contributed by atoms with Crippen LogP contribution in [0.1, 0.15) is 40.0 Å². The quantitative estimate of drug-likeness (QED) is 0.314. The van der Waals surface area contributed by atoms with E-state index in [4.69, 9.17) is 13.9 Å². The molecule has 6 rings (SSSR count). The first-order valence-corrected chi connectivity index (χ1v) is 12.0. The van der Waals surface area contributed by atoms with Gasteiger partial charge in [-0.05, 0) is 56.7 Å². The SMILES string of the molecule is Cc1cc(C(=O)CN2C(=O)N[C@@](C)(c3cc4ccccc4o3)C2=O)c(C)n1Cc1ccc2c(c1)OCO2. The molecule has 0 aliphatic carbocycles. The van der Waals surface area contributed by atoms with E-state index in [1.165, 1.54) is 0 Å². The number of carbonyl (C=O) groups excluding carboxylic acids is 3. The van der Waals surface area contributed by atoms with Gasteiger partial charge >= 0.3 is 6.03 Å². The largest absolute Gasteiger partial charge is 0.458 e. The number of nitrogens with zero attached hydrogens (tertiary/aromatic N) is 2. The Bertz CT molecular complexity index is 1570. The predicted octanol–water partition coefficient (Wildman–Crippen LogP) is 4.28. The Morgan fingerprint density at radius 1 is 1.03 bits per heavy atom. The number of aromatic nitrogens is 1. The first-order chi connectivity index (χ1) is 17.7. The second-order valence-corrected chi connectivity index (χ2v) is 9.58. The Morgan fingerprint density at radius 2 is 1.81 bits per heavy atom. The summed E-state index contributed by atoms with van der Waals surface area (Å²) in [5.74, 6) is 0.886. The lowest BCUT2D eigenvalue weighted by Crippen LogP contribution is -2.41. The maximum absolute atomic E-state index is 13.4. The van der Waals surface area contributed by atoms with Crippen molar-refractivity contribution in [3.05, 3.63) is 82.9 Å². The lowest BCUT2D eigenvalue weighted by molar-refractivity contribution is -0.131. The molecule has 0 saturated carbocycles. The average molecular weight is 500 g/mol. The van der Waals surface area contributed by atoms with Crippen molar-refractivity contribution in [2.24, 2.45) is 0 Å². The molecule has 2 aromatic carbocycles. The molecule has 0 spiro atoms. The van der Waals surface area contributed by atoms with Crippen LogP contribution < -0.4 is 14.8 Å². The number of fused-ring (bicyclic) bond motifs is 2. The number of imide groups is 1. The average Bonchev–Trinajstić information content (AvgIpc) is 3.63. The number of benzene rings is 2. The molecule has 2 aromatic heterocycles. The fraction of sp³-hybridized carbons (Fsp3) is 0.250. The normalized spacial score (nSPS) is 18.6. The van der Waals surface area contributed by atoms with Gasteiger partial charge < -0.3 is 23.8 Å². The van der Waals surface area contributed by atoms with E-state index < -0.39 is 17.5 Å². The lowest BCUT2D eigenvalue weighted by Gasteiger charge is -2.18. The van der Waals surface area contributed by atoms with E-state index in [0.717, 1.165) is 27.2 Å². The molecule has 1 fully saturated rings. The fourth-order valence-corrected chi connectivity index (χ4v) is 5.01. The molecule has 2 aliphatic heterocycles. The van der Waals surface area contributed by atoms with Gasteiger partial charge in [0, 0.05) is 28.9 Å². The molecule has 9 nitrogen and oxygen atoms in total. The number of Topliss-reactive ketones (excluding diaryl/α,β-unsaturated/α-hetero) is 1. The third-order valence-corrected chi connectivity index (χ3v) is 7.15. The van der Waals surface area contributed by atoms with Crippen LogP contribution >= 0.6 is 0 Å². The van der Waals surface area contributed by atoms with Gasteiger partial charge in [0.1, 0.15) is 11.3 Å². The molecular formula is C28H25N3O6. The summed E-state index contributed by atoms with van der Waals surface area (Å²) >= 11 is 0. The number of carbonyl (C=O) groups is 3. The standard InChI is InChI=1S/C28H25N3O6/c1-16-10-20(17(2)30(16)13-18-8-9-23-24(11-18)36-15-35-23)21(32)14-31-26(33)28(3,29-27(31)34)25-12-19-6-4-5-7-22(19)37-25/h4-12H,13-15H2,1-3H3,(H,29,34)/t28-/m0/s1. The van der Waals surface area contributed by atoms with Crippen molar-refractivity contribution in [3.8, 4) is 11.5 Å². The van der Waals surface area contributed by atoms with Crippen LogP contribution in [0.5, 0.6) is 11.5 Å². The first-order valence-electron chi connectivity index (χ1n) is 12.0. The van der Waals surface area contributed by atoms with E-state index in [1.807, 2.05) is 54.8 Å². The highest BCUT2D eigenvalue weighted by molar-refractivity contribution is 6.11. The van der Waals surface area contributed by atoms with Crippen LogP contribution in [-0.4, -0.2) is 40.5 Å². The van der Waals surface area contributed by atoms with Crippen LogP contribution in [0.4, 0.5) is 4.79 Å². The molecule has 1 saturated heterocycles. The number of para-hydroxylation sites is 1. The minimum atomic E-state index is -1.40. The van der Waals surface area contributed by atoms with Gasteiger partial charge in [-0.25, -0.2) is 4.79 Å². The summed E-state index contributed by atoms with van der Waals surface area (Å²) in [4.78, 5) is 40.5. The van der Waals surface area contributed by atoms with Gasteiger partial charge in [-0.15, -0.1) is 0 Å². The van der Waals surface area contributed by atoms with Crippen molar-refractivity contribution in [2.45, 2.75) is 32.9 Å². The van der Waals surface area contributed by atoms with E-state index in [0.29, 0.717) is 35.0 Å². The van der Waals surface area contributed by atoms with Gasteiger partial charge in [0.15, 0.2) is 22.8 Å². The van der Waals surface area contributed by atoms with Crippen LogP contribution in [0.3, 0.4) is 0 Å². The molecule has 0 bridgehead atoms. The van der Waals surface area contributed by atoms with Gasteiger partial charge in [-0.3, -0.25) is 14.5 Å². The number of nitrogens with one attached hydrogen (secondary N) is 1. The number of urea groups is 1. The van der Waals surface area contributed by atoms with E-state index in [2.05, 4.69) is 5.32 Å². The smallest absolute Gasteiger partial charge is 0.325 e. The van der Waals surface area contributed by atoms with E-state index >= 15 is 0 Å². The van der Waals surface area contributed by atoms with Crippen molar-refractivity contribution in [1.82, 2.24) is 14.8 Å². The number of rotatable bonds is 6. The number of amides is 3. The number of ketones is 1. The first kappa shape index (κ1) is 22.9. The number of aryl methyl sites for hydroxylation is 1. The lowest BCUT2D eigenvalue weighted by atomic mass is 9.98. The van der Waals surface area contributed by atoms with Gasteiger partial charge in [-0.1, -0.05) is 24.3 Å². The topological polar surface area (TPSA) is 103 Å². The molecule has 9 heteroatoms. The van der Waals surface area contributed by atoms with Crippen molar-refractivity contribution in [2.75, 3.05) is 13.3 Å². The molecule has 0 unspecified atom stereocenters. The highest BCUT2D eigenvalue weighted by Crippen LogP contribution is 2.34. The predicted molar refractivity (Wildman–Crippen MR) is 134 cm³/mol. The molecule has 37 heavy (non-hydrogen) atoms. The minimum absolute atomic E-state index is 0.206. The summed E-state index contributed by atoms with van der Waals surface area (Å²) in [6.45, 7) is 5.74. The van der Waals surface area contributed by atoms with E-state index in [-0.39, 0.29) is 19.1 Å². The van der Waals surface area contributed by atoms with E-state index in [9.17, 15) is 14.4 Å². The minimum Gasteiger partial charge on any atom is -0.458 e. The Kier molecular flexibility index (Phi) is 5.11. The maximum Gasteiger partial charge on any atom is 0.325 e. The molecule has 3 amide bonds. The van der Waals surface area contributed by atoms with Crippen molar-refractivity contribution >= 4 is 28.7 Å². The number of ether oxygens (including phenoxy) is 2. The molecule has 1 N–H and O–H groups in total. The second kappa shape index (κ2) is 8.26. The number of hydrogen-bond donors (Lipinski definition) is 1. The van der Waals surface area contributed by atoms with Gasteiger partial charge in [0.05, 0.1) is 6.54 Å².